The lowest BCUT2D eigenvalue weighted by atomic mass is 10.0. The molecule has 0 spiro atoms. The highest BCUT2D eigenvalue weighted by atomic mass is 16.2. The second-order valence-corrected chi connectivity index (χ2v) is 8.09. The van der Waals surface area contributed by atoms with Gasteiger partial charge in [-0.25, -0.2) is 4.68 Å². The van der Waals surface area contributed by atoms with Crippen LogP contribution in [0.25, 0.3) is 11.3 Å². The zero-order valence-corrected chi connectivity index (χ0v) is 17.9. The maximum Gasteiger partial charge on any atom is 0.238 e. The molecule has 1 amide bonds. The monoisotopic (exact) mass is 400 g/mol. The van der Waals surface area contributed by atoms with Crippen molar-refractivity contribution in [3.8, 4) is 5.69 Å². The molecule has 2 aromatic carbocycles. The zero-order valence-electron chi connectivity index (χ0n) is 17.9. The molecule has 0 unspecified atom stereocenters. The van der Waals surface area contributed by atoms with Crippen LogP contribution in [0.1, 0.15) is 28.7 Å². The first-order valence-electron chi connectivity index (χ1n) is 10.4. The molecule has 154 valence electrons. The van der Waals surface area contributed by atoms with Gasteiger partial charge in [-0.2, -0.15) is 5.10 Å². The van der Waals surface area contributed by atoms with Gasteiger partial charge in [0.05, 0.1) is 18.4 Å². The van der Waals surface area contributed by atoms with Crippen LogP contribution >= 0.6 is 0 Å². The van der Waals surface area contributed by atoms with Gasteiger partial charge >= 0.3 is 0 Å². The van der Waals surface area contributed by atoms with Gasteiger partial charge in [0.1, 0.15) is 0 Å². The molecule has 5 heteroatoms. The predicted molar refractivity (Wildman–Crippen MR) is 122 cm³/mol. The molecule has 0 saturated heterocycles. The van der Waals surface area contributed by atoms with Crippen molar-refractivity contribution in [3.05, 3.63) is 83.2 Å². The Bertz CT molecular complexity index is 1080. The summed E-state index contributed by atoms with van der Waals surface area (Å²) in [4.78, 5) is 14.6. The number of amides is 1. The molecule has 1 aromatic heterocycles. The fourth-order valence-corrected chi connectivity index (χ4v) is 3.79. The average Bonchev–Trinajstić information content (AvgIpc) is 3.21. The largest absolute Gasteiger partial charge is 0.325 e. The molecule has 2 heterocycles. The molecular formula is C25H28N4O. The predicted octanol–water partition coefficient (Wildman–Crippen LogP) is 4.53. The van der Waals surface area contributed by atoms with E-state index in [1.807, 2.05) is 29.9 Å². The summed E-state index contributed by atoms with van der Waals surface area (Å²) < 4.78 is 1.92. The number of rotatable bonds is 5. The van der Waals surface area contributed by atoms with E-state index in [2.05, 4.69) is 71.8 Å². The Morgan fingerprint density at radius 1 is 1.07 bits per heavy atom. The second kappa shape index (κ2) is 8.67. The van der Waals surface area contributed by atoms with Gasteiger partial charge in [0, 0.05) is 30.5 Å². The number of carbonyl (C=O) groups is 1. The molecule has 0 aliphatic carbocycles. The third kappa shape index (κ3) is 4.69. The third-order valence-electron chi connectivity index (χ3n) is 5.57. The van der Waals surface area contributed by atoms with Crippen molar-refractivity contribution in [2.24, 2.45) is 0 Å². The van der Waals surface area contributed by atoms with Gasteiger partial charge in [0.2, 0.25) is 5.91 Å². The normalized spacial score (nSPS) is 14.4. The van der Waals surface area contributed by atoms with E-state index in [1.165, 1.54) is 16.7 Å². The molecule has 0 radical (unpaired) electrons. The van der Waals surface area contributed by atoms with Crippen LogP contribution in [-0.2, 0) is 4.79 Å². The summed E-state index contributed by atoms with van der Waals surface area (Å²) in [5.74, 6) is 0.0333. The summed E-state index contributed by atoms with van der Waals surface area (Å²) in [6, 6.07) is 14.4. The van der Waals surface area contributed by atoms with Crippen LogP contribution in [0.2, 0.25) is 0 Å². The van der Waals surface area contributed by atoms with Crippen LogP contribution in [0, 0.1) is 20.8 Å². The van der Waals surface area contributed by atoms with Crippen LogP contribution < -0.4 is 5.32 Å². The number of benzene rings is 2. The first-order valence-corrected chi connectivity index (χ1v) is 10.4. The minimum Gasteiger partial charge on any atom is -0.325 e. The number of aryl methyl sites for hydroxylation is 3. The second-order valence-electron chi connectivity index (χ2n) is 8.09. The molecule has 1 aliphatic heterocycles. The quantitative estimate of drug-likeness (QED) is 0.685. The van der Waals surface area contributed by atoms with Gasteiger partial charge in [-0.3, -0.25) is 9.69 Å². The van der Waals surface area contributed by atoms with E-state index in [1.54, 1.807) is 0 Å². The van der Waals surface area contributed by atoms with E-state index in [0.717, 1.165) is 42.0 Å². The van der Waals surface area contributed by atoms with Crippen LogP contribution in [0.15, 0.2) is 60.9 Å². The number of carbonyl (C=O) groups excluding carboxylic acids is 1. The summed E-state index contributed by atoms with van der Waals surface area (Å²) in [6.07, 6.45) is 7.13. The fourth-order valence-electron chi connectivity index (χ4n) is 3.79. The van der Waals surface area contributed by atoms with Crippen molar-refractivity contribution < 1.29 is 4.79 Å². The number of nitrogens with zero attached hydrogens (tertiary/aromatic N) is 3. The molecule has 5 nitrogen and oxygen atoms in total. The average molecular weight is 401 g/mol. The molecule has 0 atom stereocenters. The highest BCUT2D eigenvalue weighted by Crippen LogP contribution is 2.23. The van der Waals surface area contributed by atoms with E-state index in [9.17, 15) is 4.79 Å². The number of nitrogens with one attached hydrogen (secondary N) is 1. The van der Waals surface area contributed by atoms with Crippen molar-refractivity contribution in [1.29, 1.82) is 0 Å². The minimum absolute atomic E-state index is 0.0333. The topological polar surface area (TPSA) is 50.2 Å². The van der Waals surface area contributed by atoms with E-state index in [4.69, 9.17) is 0 Å². The number of hydrogen-bond donors (Lipinski definition) is 1. The van der Waals surface area contributed by atoms with Crippen LogP contribution in [0.5, 0.6) is 0 Å². The lowest BCUT2D eigenvalue weighted by molar-refractivity contribution is -0.117. The standard InChI is InChI=1S/C25H28N4O/c1-18-4-7-23(8-5-18)29-16-22(15-26-29)21-10-12-28(13-11-21)17-25(30)27-24-9-6-19(2)14-20(24)3/h4-10,14-16H,11-13,17H2,1-3H3,(H,27,30). The first kappa shape index (κ1) is 20.1. The van der Waals surface area contributed by atoms with Crippen LogP contribution in [0.4, 0.5) is 5.69 Å². The van der Waals surface area contributed by atoms with Gasteiger partial charge in [0.15, 0.2) is 0 Å². The number of anilines is 1. The maximum absolute atomic E-state index is 12.5. The van der Waals surface area contributed by atoms with E-state index in [0.29, 0.717) is 6.54 Å². The maximum atomic E-state index is 12.5. The molecule has 1 N–H and O–H groups in total. The van der Waals surface area contributed by atoms with Crippen molar-refractivity contribution in [2.75, 3.05) is 25.0 Å². The Labute approximate surface area is 178 Å². The molecular weight excluding hydrogens is 372 g/mol. The van der Waals surface area contributed by atoms with Crippen molar-refractivity contribution in [3.63, 3.8) is 0 Å². The Morgan fingerprint density at radius 3 is 2.53 bits per heavy atom. The Kier molecular flexibility index (Phi) is 5.81. The number of aromatic nitrogens is 2. The summed E-state index contributed by atoms with van der Waals surface area (Å²) >= 11 is 0. The van der Waals surface area contributed by atoms with Gasteiger partial charge in [-0.05, 0) is 56.5 Å². The van der Waals surface area contributed by atoms with Gasteiger partial charge in [0.25, 0.3) is 0 Å². The highest BCUT2D eigenvalue weighted by molar-refractivity contribution is 5.93. The Morgan fingerprint density at radius 2 is 1.83 bits per heavy atom. The fraction of sp³-hybridized carbons (Fsp3) is 0.280. The van der Waals surface area contributed by atoms with E-state index >= 15 is 0 Å². The van der Waals surface area contributed by atoms with Crippen molar-refractivity contribution in [1.82, 2.24) is 14.7 Å². The van der Waals surface area contributed by atoms with Gasteiger partial charge < -0.3 is 5.32 Å². The van der Waals surface area contributed by atoms with Gasteiger partial charge in [-0.15, -0.1) is 0 Å². The highest BCUT2D eigenvalue weighted by Gasteiger charge is 2.17. The summed E-state index contributed by atoms with van der Waals surface area (Å²) in [5, 5.41) is 7.56. The molecule has 0 saturated carbocycles. The lowest BCUT2D eigenvalue weighted by Gasteiger charge is -2.25. The van der Waals surface area contributed by atoms with Crippen molar-refractivity contribution in [2.45, 2.75) is 27.2 Å². The third-order valence-corrected chi connectivity index (χ3v) is 5.57. The molecule has 4 rings (SSSR count). The zero-order chi connectivity index (χ0) is 21.1. The van der Waals surface area contributed by atoms with Crippen LogP contribution in [0.3, 0.4) is 0 Å². The van der Waals surface area contributed by atoms with Crippen LogP contribution in [-0.4, -0.2) is 40.2 Å². The summed E-state index contributed by atoms with van der Waals surface area (Å²) in [6.45, 7) is 8.20. The smallest absolute Gasteiger partial charge is 0.238 e. The first-order chi connectivity index (χ1) is 14.5. The molecule has 0 bridgehead atoms. The van der Waals surface area contributed by atoms with Gasteiger partial charge in [-0.1, -0.05) is 41.5 Å². The lowest BCUT2D eigenvalue weighted by Crippen LogP contribution is -2.36. The van der Waals surface area contributed by atoms with Crippen molar-refractivity contribution >= 4 is 17.2 Å². The Hall–Kier alpha value is -3.18. The minimum atomic E-state index is 0.0333. The Balaban J connectivity index is 1.35. The summed E-state index contributed by atoms with van der Waals surface area (Å²) in [5.41, 5.74) is 7.92. The summed E-state index contributed by atoms with van der Waals surface area (Å²) in [7, 11) is 0. The SMILES string of the molecule is Cc1ccc(-n2cc(C3=CCN(CC(=O)Nc4ccc(C)cc4C)CC3)cn2)cc1. The van der Waals surface area contributed by atoms with E-state index < -0.39 is 0 Å². The molecule has 3 aromatic rings. The number of hydrogen-bond acceptors (Lipinski definition) is 3. The molecule has 30 heavy (non-hydrogen) atoms. The van der Waals surface area contributed by atoms with E-state index in [-0.39, 0.29) is 5.91 Å². The molecule has 0 fully saturated rings. The molecule has 1 aliphatic rings.